The van der Waals surface area contributed by atoms with Gasteiger partial charge in [-0.15, -0.1) is 11.3 Å². The summed E-state index contributed by atoms with van der Waals surface area (Å²) < 4.78 is 2.91. The van der Waals surface area contributed by atoms with Crippen molar-refractivity contribution in [3.63, 3.8) is 0 Å². The van der Waals surface area contributed by atoms with Crippen LogP contribution >= 0.6 is 11.3 Å². The molecule has 0 saturated heterocycles. The SMILES string of the molecule is Cc1cc2c3c(c1)N(C1CCCCC1)c1c(sc4ccc(C(C)(C)C)cc14)B3c1ccc3c(c1N2)-c1ccccc1-c1cccc2cccc-3c12. The number of rotatable bonds is 1. The molecule has 0 unspecified atom stereocenters. The first-order chi connectivity index (χ1) is 24.8. The fourth-order valence-corrected chi connectivity index (χ4v) is 11.3. The fourth-order valence-electron chi connectivity index (χ4n) is 10.0. The van der Waals surface area contributed by atoms with Crippen molar-refractivity contribution >= 4 is 77.4 Å². The van der Waals surface area contributed by atoms with E-state index in [9.17, 15) is 0 Å². The smallest absolute Gasteiger partial charge is 0.264 e. The number of hydrogen-bond acceptors (Lipinski definition) is 3. The van der Waals surface area contributed by atoms with Crippen molar-refractivity contribution in [2.75, 3.05) is 10.2 Å². The lowest BCUT2D eigenvalue weighted by Crippen LogP contribution is -2.61. The number of nitrogens with zero attached hydrogens (tertiary/aromatic N) is 1. The van der Waals surface area contributed by atoms with Gasteiger partial charge in [0.25, 0.3) is 6.71 Å². The van der Waals surface area contributed by atoms with Crippen LogP contribution in [-0.4, -0.2) is 12.8 Å². The van der Waals surface area contributed by atoms with Crippen molar-refractivity contribution in [2.45, 2.75) is 71.3 Å². The highest BCUT2D eigenvalue weighted by Gasteiger charge is 2.45. The van der Waals surface area contributed by atoms with Crippen molar-refractivity contribution in [2.24, 2.45) is 0 Å². The van der Waals surface area contributed by atoms with Gasteiger partial charge in [0.15, 0.2) is 0 Å². The molecule has 0 bridgehead atoms. The molecule has 6 aromatic carbocycles. The summed E-state index contributed by atoms with van der Waals surface area (Å²) in [5.74, 6) is 0. The van der Waals surface area contributed by atoms with Crippen molar-refractivity contribution in [3.8, 4) is 33.4 Å². The summed E-state index contributed by atoms with van der Waals surface area (Å²) in [4.78, 5) is 2.82. The minimum absolute atomic E-state index is 0.0851. The molecule has 1 aromatic heterocycles. The molecule has 1 N–H and O–H groups in total. The first-order valence-corrected chi connectivity index (χ1v) is 19.7. The molecule has 4 aliphatic rings. The van der Waals surface area contributed by atoms with Gasteiger partial charge < -0.3 is 10.2 Å². The van der Waals surface area contributed by atoms with Crippen LogP contribution < -0.4 is 25.9 Å². The van der Waals surface area contributed by atoms with Crippen LogP contribution in [0.25, 0.3) is 54.2 Å². The first-order valence-electron chi connectivity index (χ1n) is 18.9. The van der Waals surface area contributed by atoms with Gasteiger partial charge in [-0.05, 0) is 110 Å². The van der Waals surface area contributed by atoms with Gasteiger partial charge in [0.2, 0.25) is 0 Å². The maximum absolute atomic E-state index is 4.17. The number of hydrogen-bond donors (Lipinski definition) is 1. The van der Waals surface area contributed by atoms with E-state index in [1.54, 1.807) is 0 Å². The predicted molar refractivity (Wildman–Crippen MR) is 222 cm³/mol. The molecule has 1 saturated carbocycles. The molecule has 3 heterocycles. The second-order valence-corrected chi connectivity index (χ2v) is 17.5. The lowest BCUT2D eigenvalue weighted by molar-refractivity contribution is 0.437. The Morgan fingerprint density at radius 1 is 0.745 bits per heavy atom. The number of fused-ring (bicyclic) bond motifs is 12. The number of aryl methyl sites for hydroxylation is 1. The fraction of sp³-hybridized carbons (Fsp3) is 0.234. The van der Waals surface area contributed by atoms with E-state index in [1.807, 2.05) is 11.3 Å². The molecule has 11 rings (SSSR count). The average molecular weight is 677 g/mol. The van der Waals surface area contributed by atoms with Gasteiger partial charge in [0.1, 0.15) is 0 Å². The maximum Gasteiger partial charge on any atom is 0.264 e. The second-order valence-electron chi connectivity index (χ2n) is 16.4. The van der Waals surface area contributed by atoms with Gasteiger partial charge in [-0.25, -0.2) is 0 Å². The van der Waals surface area contributed by atoms with Gasteiger partial charge >= 0.3 is 0 Å². The van der Waals surface area contributed by atoms with E-state index in [0.717, 1.165) is 0 Å². The largest absolute Gasteiger partial charge is 0.356 e. The average Bonchev–Trinajstić information content (AvgIpc) is 3.46. The lowest BCUT2D eigenvalue weighted by atomic mass is 9.36. The standard InChI is InChI=1S/C47H41BN2S/c1-27-24-38-43-39(25-27)50(30-14-6-5-7-15-30)45-36-26-29(47(2,3)4)20-23-40(36)51-46(45)48(43)37-22-21-35-34-19-11-13-28-12-10-18-32(41(28)34)31-16-8-9-17-33(31)42(35)44(37)49-38/h8-13,16-26,30,49H,5-7,14-15H2,1-4H3. The zero-order valence-corrected chi connectivity index (χ0v) is 30.7. The van der Waals surface area contributed by atoms with E-state index in [0.29, 0.717) is 6.04 Å². The Balaban J connectivity index is 1.24. The van der Waals surface area contributed by atoms with Crippen LogP contribution in [0.15, 0.2) is 103 Å². The van der Waals surface area contributed by atoms with Crippen LogP contribution in [0.1, 0.15) is 64.0 Å². The van der Waals surface area contributed by atoms with E-state index in [1.165, 1.54) is 136 Å². The molecule has 7 aromatic rings. The van der Waals surface area contributed by atoms with Crippen LogP contribution in [0.4, 0.5) is 22.7 Å². The van der Waals surface area contributed by atoms with Gasteiger partial charge in [0.05, 0.1) is 5.69 Å². The predicted octanol–water partition coefficient (Wildman–Crippen LogP) is 11.3. The van der Waals surface area contributed by atoms with Crippen LogP contribution in [0.3, 0.4) is 0 Å². The highest BCUT2D eigenvalue weighted by Crippen LogP contribution is 2.52. The minimum atomic E-state index is 0.0851. The first kappa shape index (κ1) is 29.9. The number of benzene rings is 6. The highest BCUT2D eigenvalue weighted by molar-refractivity contribution is 7.33. The van der Waals surface area contributed by atoms with Crippen LogP contribution in [0.5, 0.6) is 0 Å². The van der Waals surface area contributed by atoms with Crippen LogP contribution in [0.2, 0.25) is 0 Å². The Labute approximate surface area is 305 Å². The van der Waals surface area contributed by atoms with Gasteiger partial charge in [-0.1, -0.05) is 119 Å². The Kier molecular flexibility index (Phi) is 6.22. The molecule has 0 spiro atoms. The summed E-state index contributed by atoms with van der Waals surface area (Å²) in [6.45, 7) is 9.50. The Bertz CT molecular complexity index is 2610. The van der Waals surface area contributed by atoms with Crippen LogP contribution in [0, 0.1) is 6.92 Å². The number of thiophene rings is 1. The molecule has 2 aliphatic heterocycles. The van der Waals surface area contributed by atoms with Gasteiger partial charge in [-0.2, -0.15) is 0 Å². The van der Waals surface area contributed by atoms with Crippen molar-refractivity contribution in [1.29, 1.82) is 0 Å². The third-order valence-electron chi connectivity index (χ3n) is 12.3. The third-order valence-corrected chi connectivity index (χ3v) is 13.6. The highest BCUT2D eigenvalue weighted by atomic mass is 32.1. The molecular weight excluding hydrogens is 635 g/mol. The number of anilines is 4. The summed E-state index contributed by atoms with van der Waals surface area (Å²) in [5.41, 5.74) is 19.0. The van der Waals surface area contributed by atoms with Crippen molar-refractivity contribution in [1.82, 2.24) is 0 Å². The molecular formula is C47H41BN2S. The van der Waals surface area contributed by atoms with E-state index in [4.69, 9.17) is 0 Å². The minimum Gasteiger partial charge on any atom is -0.356 e. The summed E-state index contributed by atoms with van der Waals surface area (Å²) >= 11 is 2.04. The molecule has 0 atom stereocenters. The normalized spacial score (nSPS) is 15.8. The monoisotopic (exact) mass is 676 g/mol. The van der Waals surface area contributed by atoms with E-state index in [-0.39, 0.29) is 12.1 Å². The zero-order valence-electron chi connectivity index (χ0n) is 29.9. The summed E-state index contributed by atoms with van der Waals surface area (Å²) in [7, 11) is 0. The van der Waals surface area contributed by atoms with E-state index < -0.39 is 0 Å². The molecule has 0 radical (unpaired) electrons. The van der Waals surface area contributed by atoms with E-state index in [2.05, 4.69) is 141 Å². The quantitative estimate of drug-likeness (QED) is 0.174. The van der Waals surface area contributed by atoms with Gasteiger partial charge in [0, 0.05) is 43.5 Å². The topological polar surface area (TPSA) is 15.3 Å². The second kappa shape index (κ2) is 10.6. The van der Waals surface area contributed by atoms with Crippen molar-refractivity contribution < 1.29 is 0 Å². The summed E-state index contributed by atoms with van der Waals surface area (Å²) in [6.07, 6.45) is 6.48. The molecule has 51 heavy (non-hydrogen) atoms. The zero-order chi connectivity index (χ0) is 34.2. The van der Waals surface area contributed by atoms with Crippen LogP contribution in [-0.2, 0) is 5.41 Å². The Morgan fingerprint density at radius 3 is 2.27 bits per heavy atom. The molecule has 0 amide bonds. The molecule has 1 fully saturated rings. The summed E-state index contributed by atoms with van der Waals surface area (Å²) in [5, 5.41) is 8.25. The Morgan fingerprint density at radius 2 is 1.49 bits per heavy atom. The number of nitrogens with one attached hydrogen (secondary N) is 1. The molecule has 248 valence electrons. The Hall–Kier alpha value is -4.80. The van der Waals surface area contributed by atoms with E-state index >= 15 is 0 Å². The lowest BCUT2D eigenvalue weighted by Gasteiger charge is -2.44. The van der Waals surface area contributed by atoms with Gasteiger partial charge in [-0.3, -0.25) is 0 Å². The molecule has 4 heteroatoms. The van der Waals surface area contributed by atoms with Crippen molar-refractivity contribution in [3.05, 3.63) is 114 Å². The maximum atomic E-state index is 4.17. The summed E-state index contributed by atoms with van der Waals surface area (Å²) in [6, 6.07) is 40.4. The molecule has 2 nitrogen and oxygen atoms in total. The third kappa shape index (κ3) is 4.17. The molecule has 2 aliphatic carbocycles.